The molecule has 2 heterocycles. The third-order valence-electron chi connectivity index (χ3n) is 4.15. The largest absolute Gasteiger partial charge is 0.425 e. The second-order valence-corrected chi connectivity index (χ2v) is 6.05. The molecule has 1 atom stereocenters. The maximum Gasteiger partial charge on any atom is 0.425 e. The lowest BCUT2D eigenvalue weighted by atomic mass is 9.97. The van der Waals surface area contributed by atoms with Crippen molar-refractivity contribution in [2.75, 3.05) is 39.4 Å². The van der Waals surface area contributed by atoms with E-state index in [2.05, 4.69) is 15.2 Å². The first kappa shape index (κ1) is 19.7. The van der Waals surface area contributed by atoms with Crippen molar-refractivity contribution in [2.24, 2.45) is 7.05 Å². The van der Waals surface area contributed by atoms with Crippen LogP contribution in [0.4, 0.5) is 13.2 Å². The summed E-state index contributed by atoms with van der Waals surface area (Å²) in [6, 6.07) is 0. The van der Waals surface area contributed by atoms with Crippen LogP contribution in [0.3, 0.4) is 0 Å². The van der Waals surface area contributed by atoms with Crippen molar-refractivity contribution >= 4 is 5.91 Å². The summed E-state index contributed by atoms with van der Waals surface area (Å²) in [7, 11) is 1.33. The number of morpholine rings is 1. The number of carbonyl (C=O) groups excluding carboxylic acids is 1. The van der Waals surface area contributed by atoms with Gasteiger partial charge in [-0.2, -0.15) is 13.2 Å². The number of nitrogens with one attached hydrogen (secondary N) is 1. The van der Waals surface area contributed by atoms with Crippen molar-refractivity contribution in [3.63, 3.8) is 0 Å². The standard InChI is InChI=1S/C15H23F3N4O3/c1-21-6-4-20-13(21)14(24,15(16,17)18)11-12(23)19-3-2-5-22-7-9-25-10-8-22/h4,6,24H,2-3,5,7-11H2,1H3,(H,19,23)/t14-/m1/s1. The van der Waals surface area contributed by atoms with Crippen LogP contribution in [0.5, 0.6) is 0 Å². The molecule has 0 spiro atoms. The fourth-order valence-electron chi connectivity index (χ4n) is 2.72. The number of aliphatic hydroxyl groups is 1. The second-order valence-electron chi connectivity index (χ2n) is 6.05. The highest BCUT2D eigenvalue weighted by molar-refractivity contribution is 5.77. The quantitative estimate of drug-likeness (QED) is 0.685. The normalized spacial score (nSPS) is 18.8. The number of rotatable bonds is 7. The Morgan fingerprint density at radius 3 is 2.64 bits per heavy atom. The Kier molecular flexibility index (Phi) is 6.42. The van der Waals surface area contributed by atoms with E-state index in [-0.39, 0.29) is 6.54 Å². The van der Waals surface area contributed by atoms with Gasteiger partial charge < -0.3 is 19.7 Å². The summed E-state index contributed by atoms with van der Waals surface area (Å²) in [6.07, 6.45) is -3.10. The molecule has 2 N–H and O–H groups in total. The van der Waals surface area contributed by atoms with E-state index in [1.165, 1.54) is 13.2 Å². The third-order valence-corrected chi connectivity index (χ3v) is 4.15. The fourth-order valence-corrected chi connectivity index (χ4v) is 2.72. The number of nitrogens with zero attached hydrogens (tertiary/aromatic N) is 3. The molecule has 1 fully saturated rings. The van der Waals surface area contributed by atoms with Gasteiger partial charge in [0.25, 0.3) is 0 Å². The van der Waals surface area contributed by atoms with Gasteiger partial charge in [0, 0.05) is 39.1 Å². The molecule has 10 heteroatoms. The maximum absolute atomic E-state index is 13.3. The highest BCUT2D eigenvalue weighted by Crippen LogP contribution is 2.40. The SMILES string of the molecule is Cn1ccnc1[C@](O)(CC(=O)NCCCN1CCOCC1)C(F)(F)F. The van der Waals surface area contributed by atoms with E-state index >= 15 is 0 Å². The predicted octanol–water partition coefficient (Wildman–Crippen LogP) is 0.399. The lowest BCUT2D eigenvalue weighted by molar-refractivity contribution is -0.271. The molecule has 1 amide bonds. The number of alkyl halides is 3. The van der Waals surface area contributed by atoms with Crippen molar-refractivity contribution < 1.29 is 27.8 Å². The Bertz CT molecular complexity index is 573. The molecule has 0 unspecified atom stereocenters. The van der Waals surface area contributed by atoms with Gasteiger partial charge in [0.1, 0.15) is 0 Å². The van der Waals surface area contributed by atoms with E-state index in [9.17, 15) is 23.1 Å². The number of halogens is 3. The summed E-state index contributed by atoms with van der Waals surface area (Å²) in [4.78, 5) is 17.6. The molecule has 142 valence electrons. The van der Waals surface area contributed by atoms with Crippen molar-refractivity contribution in [3.05, 3.63) is 18.2 Å². The Labute approximate surface area is 143 Å². The number of carbonyl (C=O) groups is 1. The van der Waals surface area contributed by atoms with Crippen LogP contribution in [0.25, 0.3) is 0 Å². The van der Waals surface area contributed by atoms with Gasteiger partial charge in [0.15, 0.2) is 5.82 Å². The van der Waals surface area contributed by atoms with E-state index in [1.54, 1.807) is 0 Å². The number of aromatic nitrogens is 2. The van der Waals surface area contributed by atoms with Crippen LogP contribution >= 0.6 is 0 Å². The van der Waals surface area contributed by atoms with Crippen LogP contribution in [0.1, 0.15) is 18.7 Å². The van der Waals surface area contributed by atoms with Gasteiger partial charge in [0.2, 0.25) is 11.5 Å². The van der Waals surface area contributed by atoms with E-state index in [0.29, 0.717) is 19.6 Å². The summed E-state index contributed by atoms with van der Waals surface area (Å²) in [6.45, 7) is 3.91. The minimum Gasteiger partial charge on any atom is -0.379 e. The zero-order valence-corrected chi connectivity index (χ0v) is 14.1. The number of imidazole rings is 1. The van der Waals surface area contributed by atoms with E-state index in [1.807, 2.05) is 0 Å². The summed E-state index contributed by atoms with van der Waals surface area (Å²) in [5.41, 5.74) is -3.32. The molecular weight excluding hydrogens is 341 g/mol. The molecule has 1 aromatic heterocycles. The second kappa shape index (κ2) is 8.15. The van der Waals surface area contributed by atoms with Gasteiger partial charge in [-0.3, -0.25) is 9.69 Å². The molecule has 0 saturated carbocycles. The number of hydrogen-bond donors (Lipinski definition) is 2. The molecule has 7 nitrogen and oxygen atoms in total. The molecule has 1 aromatic rings. The molecule has 25 heavy (non-hydrogen) atoms. The zero-order valence-electron chi connectivity index (χ0n) is 14.1. The van der Waals surface area contributed by atoms with Crippen LogP contribution in [0.15, 0.2) is 12.4 Å². The molecular formula is C15H23F3N4O3. The molecule has 1 aliphatic rings. The number of ether oxygens (including phenoxy) is 1. The van der Waals surface area contributed by atoms with E-state index < -0.39 is 29.9 Å². The monoisotopic (exact) mass is 364 g/mol. The van der Waals surface area contributed by atoms with Crippen LogP contribution in [0, 0.1) is 0 Å². The minimum absolute atomic E-state index is 0.241. The first-order valence-corrected chi connectivity index (χ1v) is 8.08. The van der Waals surface area contributed by atoms with E-state index in [0.717, 1.165) is 30.4 Å². The molecule has 1 saturated heterocycles. The number of amides is 1. The predicted molar refractivity (Wildman–Crippen MR) is 82.7 cm³/mol. The molecule has 1 aliphatic heterocycles. The van der Waals surface area contributed by atoms with Crippen molar-refractivity contribution in [1.29, 1.82) is 0 Å². The van der Waals surface area contributed by atoms with Crippen LogP contribution in [0.2, 0.25) is 0 Å². The first-order chi connectivity index (χ1) is 11.7. The number of hydrogen-bond acceptors (Lipinski definition) is 5. The van der Waals surface area contributed by atoms with Crippen molar-refractivity contribution in [3.8, 4) is 0 Å². The molecule has 0 aromatic carbocycles. The van der Waals surface area contributed by atoms with Gasteiger partial charge in [-0.1, -0.05) is 0 Å². The third kappa shape index (κ3) is 4.93. The fraction of sp³-hybridized carbons (Fsp3) is 0.733. The Morgan fingerprint density at radius 2 is 2.08 bits per heavy atom. The maximum atomic E-state index is 13.3. The summed E-state index contributed by atoms with van der Waals surface area (Å²) < 4.78 is 46.3. The summed E-state index contributed by atoms with van der Waals surface area (Å²) in [5.74, 6) is -1.48. The average molecular weight is 364 g/mol. The van der Waals surface area contributed by atoms with Crippen LogP contribution < -0.4 is 5.32 Å². The molecule has 2 rings (SSSR count). The highest BCUT2D eigenvalue weighted by atomic mass is 19.4. The molecule has 0 radical (unpaired) electrons. The summed E-state index contributed by atoms with van der Waals surface area (Å²) >= 11 is 0. The lowest BCUT2D eigenvalue weighted by Gasteiger charge is -2.29. The highest BCUT2D eigenvalue weighted by Gasteiger charge is 2.58. The Hall–Kier alpha value is -1.65. The first-order valence-electron chi connectivity index (χ1n) is 8.08. The average Bonchev–Trinajstić information content (AvgIpc) is 2.98. The summed E-state index contributed by atoms with van der Waals surface area (Å²) in [5, 5.41) is 12.6. The topological polar surface area (TPSA) is 79.6 Å². The Balaban J connectivity index is 1.86. The van der Waals surface area contributed by atoms with Crippen LogP contribution in [-0.4, -0.2) is 71.0 Å². The Morgan fingerprint density at radius 1 is 1.40 bits per heavy atom. The van der Waals surface area contributed by atoms with Crippen LogP contribution in [-0.2, 0) is 22.2 Å². The van der Waals surface area contributed by atoms with Crippen molar-refractivity contribution in [1.82, 2.24) is 19.8 Å². The number of aryl methyl sites for hydroxylation is 1. The minimum atomic E-state index is -5.02. The van der Waals surface area contributed by atoms with Gasteiger partial charge in [-0.05, 0) is 13.0 Å². The zero-order chi connectivity index (χ0) is 18.5. The van der Waals surface area contributed by atoms with Gasteiger partial charge in [0.05, 0.1) is 19.6 Å². The molecule has 0 aliphatic carbocycles. The van der Waals surface area contributed by atoms with Gasteiger partial charge in [-0.25, -0.2) is 4.98 Å². The lowest BCUT2D eigenvalue weighted by Crippen LogP contribution is -2.48. The van der Waals surface area contributed by atoms with E-state index in [4.69, 9.17) is 4.74 Å². The van der Waals surface area contributed by atoms with Crippen molar-refractivity contribution in [2.45, 2.75) is 24.6 Å². The van der Waals surface area contributed by atoms with Gasteiger partial charge in [-0.15, -0.1) is 0 Å². The van der Waals surface area contributed by atoms with Gasteiger partial charge >= 0.3 is 6.18 Å². The molecule has 0 bridgehead atoms. The smallest absolute Gasteiger partial charge is 0.379 e.